The van der Waals surface area contributed by atoms with E-state index in [4.69, 9.17) is 4.74 Å². The minimum atomic E-state index is -4.78. The number of nitrogens with one attached hydrogen (secondary N) is 1. The van der Waals surface area contributed by atoms with Crippen molar-refractivity contribution in [2.24, 2.45) is 0 Å². The number of halogens is 5. The lowest BCUT2D eigenvalue weighted by molar-refractivity contribution is -0.274. The number of carbonyl (C=O) groups excluding carboxylic acids is 1. The third-order valence-corrected chi connectivity index (χ3v) is 3.55. The van der Waals surface area contributed by atoms with Crippen LogP contribution in [0.15, 0.2) is 42.5 Å². The van der Waals surface area contributed by atoms with Gasteiger partial charge in [-0.15, -0.1) is 13.2 Å². The number of carbonyl (C=O) groups is 1. The van der Waals surface area contributed by atoms with Crippen molar-refractivity contribution in [2.45, 2.75) is 32.4 Å². The lowest BCUT2D eigenvalue weighted by Gasteiger charge is -2.19. The molecule has 0 radical (unpaired) electrons. The fourth-order valence-corrected chi connectivity index (χ4v) is 2.18. The Morgan fingerprint density at radius 1 is 0.963 bits per heavy atom. The van der Waals surface area contributed by atoms with E-state index in [1.54, 1.807) is 6.92 Å². The molecule has 0 fully saturated rings. The van der Waals surface area contributed by atoms with E-state index in [0.29, 0.717) is 5.56 Å². The first-order valence-electron chi connectivity index (χ1n) is 7.83. The molecule has 2 aromatic rings. The molecule has 1 amide bonds. The molecule has 2 atom stereocenters. The zero-order valence-electron chi connectivity index (χ0n) is 14.3. The summed E-state index contributed by atoms with van der Waals surface area (Å²) in [5.74, 6) is -3.07. The number of amides is 1. The highest BCUT2D eigenvalue weighted by atomic mass is 19.4. The van der Waals surface area contributed by atoms with Crippen LogP contribution in [0.4, 0.5) is 22.0 Å². The molecule has 146 valence electrons. The Balaban J connectivity index is 1.94. The van der Waals surface area contributed by atoms with E-state index in [-0.39, 0.29) is 11.5 Å². The number of ether oxygens (including phenoxy) is 2. The number of benzene rings is 2. The van der Waals surface area contributed by atoms with E-state index in [2.05, 4.69) is 10.1 Å². The fraction of sp³-hybridized carbons (Fsp3) is 0.278. The molecule has 0 saturated heterocycles. The predicted octanol–water partition coefficient (Wildman–Crippen LogP) is 4.51. The maximum atomic E-state index is 13.2. The zero-order chi connectivity index (χ0) is 20.2. The van der Waals surface area contributed by atoms with Crippen LogP contribution >= 0.6 is 0 Å². The molecule has 4 nitrogen and oxygen atoms in total. The maximum Gasteiger partial charge on any atom is 0.573 e. The van der Waals surface area contributed by atoms with Crippen LogP contribution in [0.1, 0.15) is 25.5 Å². The van der Waals surface area contributed by atoms with Crippen molar-refractivity contribution in [1.29, 1.82) is 0 Å². The van der Waals surface area contributed by atoms with Gasteiger partial charge in [0.2, 0.25) is 0 Å². The number of hydrogen-bond donors (Lipinski definition) is 1. The molecular weight excluding hydrogens is 373 g/mol. The molecule has 0 aliphatic carbocycles. The van der Waals surface area contributed by atoms with E-state index in [0.717, 1.165) is 24.3 Å². The van der Waals surface area contributed by atoms with Crippen LogP contribution in [-0.2, 0) is 4.79 Å². The maximum absolute atomic E-state index is 13.2. The van der Waals surface area contributed by atoms with E-state index in [1.165, 1.54) is 25.1 Å². The second-order valence-electron chi connectivity index (χ2n) is 5.68. The molecule has 0 bridgehead atoms. The normalized spacial score (nSPS) is 13.6. The average molecular weight is 389 g/mol. The smallest absolute Gasteiger partial charge is 0.481 e. The summed E-state index contributed by atoms with van der Waals surface area (Å²) in [7, 11) is 0. The molecule has 0 heterocycles. The van der Waals surface area contributed by atoms with Gasteiger partial charge >= 0.3 is 6.36 Å². The largest absolute Gasteiger partial charge is 0.573 e. The highest BCUT2D eigenvalue weighted by molar-refractivity contribution is 5.81. The van der Waals surface area contributed by atoms with Gasteiger partial charge in [0, 0.05) is 6.07 Å². The molecule has 2 aromatic carbocycles. The summed E-state index contributed by atoms with van der Waals surface area (Å²) in [4.78, 5) is 12.2. The zero-order valence-corrected chi connectivity index (χ0v) is 14.3. The van der Waals surface area contributed by atoms with Crippen molar-refractivity contribution in [3.8, 4) is 11.5 Å². The van der Waals surface area contributed by atoms with Gasteiger partial charge < -0.3 is 14.8 Å². The Morgan fingerprint density at radius 3 is 2.11 bits per heavy atom. The standard InChI is InChI=1S/C18H16F5NO3/c1-10(12-3-5-13(6-4-12)27-18(21,22)23)24-17(25)11(2)26-14-7-8-15(19)16(20)9-14/h3-11H,1-2H3,(H,24,25). The van der Waals surface area contributed by atoms with E-state index < -0.39 is 36.0 Å². The van der Waals surface area contributed by atoms with Crippen LogP contribution in [0, 0.1) is 11.6 Å². The molecule has 1 N–H and O–H groups in total. The molecule has 2 rings (SSSR count). The second kappa shape index (κ2) is 8.24. The number of alkyl halides is 3. The van der Waals surface area contributed by atoms with Crippen molar-refractivity contribution >= 4 is 5.91 Å². The van der Waals surface area contributed by atoms with Crippen LogP contribution in [0.2, 0.25) is 0 Å². The SMILES string of the molecule is CC(Oc1ccc(F)c(F)c1)C(=O)NC(C)c1ccc(OC(F)(F)F)cc1. The summed E-state index contributed by atoms with van der Waals surface area (Å²) in [5.41, 5.74) is 0.540. The van der Waals surface area contributed by atoms with Crippen LogP contribution in [0.3, 0.4) is 0 Å². The van der Waals surface area contributed by atoms with Crippen LogP contribution in [0.5, 0.6) is 11.5 Å². The van der Waals surface area contributed by atoms with E-state index in [9.17, 15) is 26.7 Å². The Bertz CT molecular complexity index is 793. The summed E-state index contributed by atoms with van der Waals surface area (Å²) < 4.78 is 71.5. The van der Waals surface area contributed by atoms with Gasteiger partial charge in [0.25, 0.3) is 5.91 Å². The highest BCUT2D eigenvalue weighted by Gasteiger charge is 2.31. The van der Waals surface area contributed by atoms with Crippen LogP contribution in [0.25, 0.3) is 0 Å². The molecular formula is C18H16F5NO3. The number of hydrogen-bond acceptors (Lipinski definition) is 3. The molecule has 0 aromatic heterocycles. The predicted molar refractivity (Wildman–Crippen MR) is 86.1 cm³/mol. The molecule has 0 aliphatic rings. The average Bonchev–Trinajstić information content (AvgIpc) is 2.57. The van der Waals surface area contributed by atoms with Crippen molar-refractivity contribution in [3.63, 3.8) is 0 Å². The summed E-state index contributed by atoms with van der Waals surface area (Å²) in [5, 5.41) is 2.62. The Labute approximate surface area is 151 Å². The second-order valence-corrected chi connectivity index (χ2v) is 5.68. The quantitative estimate of drug-likeness (QED) is 0.740. The molecule has 0 aliphatic heterocycles. The minimum Gasteiger partial charge on any atom is -0.481 e. The van der Waals surface area contributed by atoms with Crippen molar-refractivity contribution in [2.75, 3.05) is 0 Å². The monoisotopic (exact) mass is 389 g/mol. The van der Waals surface area contributed by atoms with E-state index in [1.807, 2.05) is 0 Å². The highest BCUT2D eigenvalue weighted by Crippen LogP contribution is 2.24. The first kappa shape index (κ1) is 20.5. The topological polar surface area (TPSA) is 47.6 Å². The summed E-state index contributed by atoms with van der Waals surface area (Å²) >= 11 is 0. The molecule has 9 heteroatoms. The lowest BCUT2D eigenvalue weighted by Crippen LogP contribution is -2.37. The first-order valence-corrected chi connectivity index (χ1v) is 7.83. The third-order valence-electron chi connectivity index (χ3n) is 3.55. The van der Waals surface area contributed by atoms with Gasteiger partial charge in [-0.05, 0) is 43.7 Å². The van der Waals surface area contributed by atoms with Gasteiger partial charge in [0.05, 0.1) is 6.04 Å². The van der Waals surface area contributed by atoms with Gasteiger partial charge in [-0.1, -0.05) is 12.1 Å². The Morgan fingerprint density at radius 2 is 1.56 bits per heavy atom. The van der Waals surface area contributed by atoms with Gasteiger partial charge in [-0.2, -0.15) is 0 Å². The number of rotatable bonds is 6. The van der Waals surface area contributed by atoms with Gasteiger partial charge in [0.15, 0.2) is 17.7 Å². The van der Waals surface area contributed by atoms with Crippen molar-refractivity contribution in [3.05, 3.63) is 59.7 Å². The third kappa shape index (κ3) is 6.12. The van der Waals surface area contributed by atoms with Crippen molar-refractivity contribution in [1.82, 2.24) is 5.32 Å². The van der Waals surface area contributed by atoms with Crippen LogP contribution < -0.4 is 14.8 Å². The molecule has 0 spiro atoms. The Kier molecular flexibility index (Phi) is 6.24. The molecule has 0 saturated carbocycles. The lowest BCUT2D eigenvalue weighted by atomic mass is 10.1. The van der Waals surface area contributed by atoms with Gasteiger partial charge in [-0.3, -0.25) is 4.79 Å². The van der Waals surface area contributed by atoms with Gasteiger partial charge in [-0.25, -0.2) is 8.78 Å². The summed E-state index contributed by atoms with van der Waals surface area (Å²) in [6, 6.07) is 7.38. The minimum absolute atomic E-state index is 0.0159. The summed E-state index contributed by atoms with van der Waals surface area (Å²) in [6.07, 6.45) is -5.79. The Hall–Kier alpha value is -2.84. The fourth-order valence-electron chi connectivity index (χ4n) is 2.18. The first-order chi connectivity index (χ1) is 12.5. The molecule has 27 heavy (non-hydrogen) atoms. The van der Waals surface area contributed by atoms with Crippen LogP contribution in [-0.4, -0.2) is 18.4 Å². The van der Waals surface area contributed by atoms with Crippen molar-refractivity contribution < 1.29 is 36.2 Å². The summed E-state index contributed by atoms with van der Waals surface area (Å²) in [6.45, 7) is 3.05. The van der Waals surface area contributed by atoms with Gasteiger partial charge in [0.1, 0.15) is 11.5 Å². The van der Waals surface area contributed by atoms with E-state index >= 15 is 0 Å². The molecule has 2 unspecified atom stereocenters.